The maximum Gasteiger partial charge on any atom is 0.244 e. The summed E-state index contributed by atoms with van der Waals surface area (Å²) >= 11 is 0. The van der Waals surface area contributed by atoms with Gasteiger partial charge in [-0.2, -0.15) is 0 Å². The zero-order chi connectivity index (χ0) is 16.4. The molecule has 0 atom stereocenters. The molecule has 0 bridgehead atoms. The zero-order valence-electron chi connectivity index (χ0n) is 13.1. The number of para-hydroxylation sites is 1. The van der Waals surface area contributed by atoms with Crippen LogP contribution in [0.5, 0.6) is 0 Å². The van der Waals surface area contributed by atoms with Crippen LogP contribution >= 0.6 is 0 Å². The Morgan fingerprint density at radius 3 is 2.54 bits per heavy atom. The molecule has 0 N–H and O–H groups in total. The van der Waals surface area contributed by atoms with Gasteiger partial charge in [0.15, 0.2) is 0 Å². The van der Waals surface area contributed by atoms with Crippen molar-refractivity contribution in [1.29, 1.82) is 0 Å². The van der Waals surface area contributed by atoms with Gasteiger partial charge < -0.3 is 9.80 Å². The molecule has 1 fully saturated rings. The van der Waals surface area contributed by atoms with Gasteiger partial charge in [-0.05, 0) is 18.2 Å². The Labute approximate surface area is 138 Å². The first-order chi connectivity index (χ1) is 11.8. The SMILES string of the molecule is O=C(Cn1nnc2ccccc21)N1CCN(c2ncccn2)CC1. The summed E-state index contributed by atoms with van der Waals surface area (Å²) in [5.41, 5.74) is 1.68. The van der Waals surface area contributed by atoms with Gasteiger partial charge in [-0.25, -0.2) is 14.6 Å². The van der Waals surface area contributed by atoms with Gasteiger partial charge in [0, 0.05) is 38.6 Å². The van der Waals surface area contributed by atoms with Crippen LogP contribution in [0.4, 0.5) is 5.95 Å². The molecule has 0 unspecified atom stereocenters. The van der Waals surface area contributed by atoms with E-state index in [1.807, 2.05) is 29.2 Å². The van der Waals surface area contributed by atoms with Gasteiger partial charge in [0.2, 0.25) is 11.9 Å². The first-order valence-corrected chi connectivity index (χ1v) is 7.89. The summed E-state index contributed by atoms with van der Waals surface area (Å²) < 4.78 is 1.66. The molecular weight excluding hydrogens is 306 g/mol. The minimum Gasteiger partial charge on any atom is -0.338 e. The lowest BCUT2D eigenvalue weighted by Crippen LogP contribution is -2.50. The van der Waals surface area contributed by atoms with Crippen LogP contribution in [0.2, 0.25) is 0 Å². The van der Waals surface area contributed by atoms with E-state index < -0.39 is 0 Å². The second-order valence-corrected chi connectivity index (χ2v) is 5.65. The van der Waals surface area contributed by atoms with Crippen molar-refractivity contribution in [2.75, 3.05) is 31.1 Å². The number of amides is 1. The number of anilines is 1. The number of fused-ring (bicyclic) bond motifs is 1. The molecule has 2 aromatic heterocycles. The number of hydrogen-bond donors (Lipinski definition) is 0. The van der Waals surface area contributed by atoms with Crippen molar-refractivity contribution in [3.8, 4) is 0 Å². The summed E-state index contributed by atoms with van der Waals surface area (Å²) in [5.74, 6) is 0.770. The van der Waals surface area contributed by atoms with Crippen LogP contribution in [-0.4, -0.2) is 61.9 Å². The monoisotopic (exact) mass is 323 g/mol. The Hall–Kier alpha value is -3.03. The van der Waals surface area contributed by atoms with Crippen molar-refractivity contribution in [3.05, 3.63) is 42.7 Å². The molecule has 1 amide bonds. The number of nitrogens with zero attached hydrogens (tertiary/aromatic N) is 7. The third-order valence-corrected chi connectivity index (χ3v) is 4.17. The van der Waals surface area contributed by atoms with Crippen molar-refractivity contribution >= 4 is 22.9 Å². The van der Waals surface area contributed by atoms with Crippen molar-refractivity contribution in [2.45, 2.75) is 6.54 Å². The van der Waals surface area contributed by atoms with E-state index in [2.05, 4.69) is 25.2 Å². The van der Waals surface area contributed by atoms with Crippen LogP contribution in [0, 0.1) is 0 Å². The normalized spacial score (nSPS) is 15.0. The molecule has 8 heteroatoms. The Balaban J connectivity index is 1.40. The highest BCUT2D eigenvalue weighted by Crippen LogP contribution is 2.12. The van der Waals surface area contributed by atoms with Crippen LogP contribution < -0.4 is 4.90 Å². The van der Waals surface area contributed by atoms with E-state index in [9.17, 15) is 4.79 Å². The molecular formula is C16H17N7O. The first-order valence-electron chi connectivity index (χ1n) is 7.89. The smallest absolute Gasteiger partial charge is 0.244 e. The van der Waals surface area contributed by atoms with E-state index in [0.717, 1.165) is 24.1 Å². The number of carbonyl (C=O) groups excluding carboxylic acids is 1. The molecule has 0 aliphatic carbocycles. The number of aromatic nitrogens is 5. The van der Waals surface area contributed by atoms with E-state index in [-0.39, 0.29) is 12.5 Å². The molecule has 1 aliphatic rings. The second-order valence-electron chi connectivity index (χ2n) is 5.65. The molecule has 122 valence electrons. The highest BCUT2D eigenvalue weighted by atomic mass is 16.2. The van der Waals surface area contributed by atoms with E-state index >= 15 is 0 Å². The number of rotatable bonds is 3. The fourth-order valence-corrected chi connectivity index (χ4v) is 2.87. The fourth-order valence-electron chi connectivity index (χ4n) is 2.87. The lowest BCUT2D eigenvalue weighted by atomic mass is 10.3. The molecule has 3 heterocycles. The Kier molecular flexibility index (Phi) is 3.78. The topological polar surface area (TPSA) is 80.0 Å². The Morgan fingerprint density at radius 2 is 1.75 bits per heavy atom. The maximum atomic E-state index is 12.5. The second kappa shape index (κ2) is 6.23. The quantitative estimate of drug-likeness (QED) is 0.701. The zero-order valence-corrected chi connectivity index (χ0v) is 13.1. The van der Waals surface area contributed by atoms with Crippen molar-refractivity contribution < 1.29 is 4.79 Å². The molecule has 24 heavy (non-hydrogen) atoms. The molecule has 0 radical (unpaired) electrons. The number of carbonyl (C=O) groups is 1. The van der Waals surface area contributed by atoms with E-state index in [4.69, 9.17) is 0 Å². The minimum atomic E-state index is 0.0549. The van der Waals surface area contributed by atoms with Crippen LogP contribution in [-0.2, 0) is 11.3 Å². The third kappa shape index (κ3) is 2.78. The van der Waals surface area contributed by atoms with Gasteiger partial charge in [-0.3, -0.25) is 4.79 Å². The standard InChI is InChI=1S/C16H17N7O/c24-15(12-23-14-5-2-1-4-13(14)19-20-23)21-8-10-22(11-9-21)16-17-6-3-7-18-16/h1-7H,8-12H2. The fraction of sp³-hybridized carbons (Fsp3) is 0.312. The van der Waals surface area contributed by atoms with Gasteiger partial charge in [0.1, 0.15) is 12.1 Å². The predicted molar refractivity (Wildman–Crippen MR) is 88.4 cm³/mol. The van der Waals surface area contributed by atoms with E-state index in [0.29, 0.717) is 19.0 Å². The Morgan fingerprint density at radius 1 is 1.00 bits per heavy atom. The molecule has 0 saturated carbocycles. The molecule has 1 saturated heterocycles. The van der Waals surface area contributed by atoms with Gasteiger partial charge in [-0.1, -0.05) is 17.3 Å². The summed E-state index contributed by atoms with van der Waals surface area (Å²) in [5, 5.41) is 8.17. The minimum absolute atomic E-state index is 0.0549. The van der Waals surface area contributed by atoms with Crippen molar-refractivity contribution in [2.24, 2.45) is 0 Å². The average molecular weight is 323 g/mol. The molecule has 0 spiro atoms. The van der Waals surface area contributed by atoms with Gasteiger partial charge in [0.25, 0.3) is 0 Å². The largest absolute Gasteiger partial charge is 0.338 e. The molecule has 8 nitrogen and oxygen atoms in total. The van der Waals surface area contributed by atoms with Gasteiger partial charge in [-0.15, -0.1) is 5.10 Å². The lowest BCUT2D eigenvalue weighted by Gasteiger charge is -2.34. The average Bonchev–Trinajstić information content (AvgIpc) is 3.06. The summed E-state index contributed by atoms with van der Waals surface area (Å²) in [6.45, 7) is 2.98. The number of hydrogen-bond acceptors (Lipinski definition) is 6. The summed E-state index contributed by atoms with van der Waals surface area (Å²) in [6.07, 6.45) is 3.46. The van der Waals surface area contributed by atoms with E-state index in [1.54, 1.807) is 23.1 Å². The lowest BCUT2D eigenvalue weighted by molar-refractivity contribution is -0.132. The van der Waals surface area contributed by atoms with E-state index in [1.165, 1.54) is 0 Å². The predicted octanol–water partition coefficient (Wildman–Crippen LogP) is 0.570. The van der Waals surface area contributed by atoms with Crippen molar-refractivity contribution in [3.63, 3.8) is 0 Å². The number of benzene rings is 1. The van der Waals surface area contributed by atoms with Crippen molar-refractivity contribution in [1.82, 2.24) is 29.9 Å². The summed E-state index contributed by atoms with van der Waals surface area (Å²) in [6, 6.07) is 9.44. The maximum absolute atomic E-state index is 12.5. The molecule has 4 rings (SSSR count). The summed E-state index contributed by atoms with van der Waals surface area (Å²) in [7, 11) is 0. The highest BCUT2D eigenvalue weighted by Gasteiger charge is 2.23. The molecule has 1 aromatic carbocycles. The van der Waals surface area contributed by atoms with Crippen LogP contribution in [0.25, 0.3) is 11.0 Å². The number of piperazine rings is 1. The highest BCUT2D eigenvalue weighted by molar-refractivity contribution is 5.80. The third-order valence-electron chi connectivity index (χ3n) is 4.17. The molecule has 3 aromatic rings. The molecule has 1 aliphatic heterocycles. The van der Waals surface area contributed by atoms with Crippen LogP contribution in [0.3, 0.4) is 0 Å². The summed E-state index contributed by atoms with van der Waals surface area (Å²) in [4.78, 5) is 25.0. The van der Waals surface area contributed by atoms with Crippen LogP contribution in [0.1, 0.15) is 0 Å². The first kappa shape index (κ1) is 14.6. The van der Waals surface area contributed by atoms with Gasteiger partial charge >= 0.3 is 0 Å². The Bertz CT molecular complexity index is 840. The van der Waals surface area contributed by atoms with Crippen LogP contribution in [0.15, 0.2) is 42.7 Å². The van der Waals surface area contributed by atoms with Gasteiger partial charge in [0.05, 0.1) is 5.52 Å².